The first-order chi connectivity index (χ1) is 18.5. The Labute approximate surface area is 235 Å². The van der Waals surface area contributed by atoms with Gasteiger partial charge in [0.05, 0.1) is 5.69 Å². The summed E-state index contributed by atoms with van der Waals surface area (Å²) in [6.07, 6.45) is 0. The molecule has 1 heterocycles. The number of hydrogen-bond acceptors (Lipinski definition) is 4. The minimum absolute atomic E-state index is 0.178. The van der Waals surface area contributed by atoms with Gasteiger partial charge in [-0.3, -0.25) is 0 Å². The summed E-state index contributed by atoms with van der Waals surface area (Å²) in [5, 5.41) is 25.5. The van der Waals surface area contributed by atoms with E-state index in [0.29, 0.717) is 11.5 Å². The summed E-state index contributed by atoms with van der Waals surface area (Å²) in [6, 6.07) is 28.1. The van der Waals surface area contributed by atoms with E-state index >= 15 is 0 Å². The predicted molar refractivity (Wildman–Crippen MR) is 165 cm³/mol. The second-order valence-electron chi connectivity index (χ2n) is 12.0. The van der Waals surface area contributed by atoms with Crippen LogP contribution in [0.1, 0.15) is 52.7 Å². The topological polar surface area (TPSA) is 53.4 Å². The molecular weight excluding hydrogens is 498 g/mol. The molecule has 0 aliphatic rings. The number of phenolic OH excluding ortho intramolecular Hbond substituents is 2. The van der Waals surface area contributed by atoms with Gasteiger partial charge in [-0.15, -0.1) is 11.3 Å². The summed E-state index contributed by atoms with van der Waals surface area (Å²) in [6.45, 7) is 12.6. The lowest BCUT2D eigenvalue weighted by molar-refractivity contribution is 0.448. The molecule has 198 valence electrons. The fourth-order valence-corrected chi connectivity index (χ4v) is 5.96. The van der Waals surface area contributed by atoms with Crippen molar-refractivity contribution in [3.8, 4) is 55.6 Å². The molecule has 0 bridgehead atoms. The van der Waals surface area contributed by atoms with Crippen molar-refractivity contribution in [1.29, 1.82) is 0 Å². The minimum atomic E-state index is -0.178. The van der Waals surface area contributed by atoms with Crippen LogP contribution in [0.2, 0.25) is 0 Å². The van der Waals surface area contributed by atoms with E-state index in [-0.39, 0.29) is 10.8 Å². The van der Waals surface area contributed by atoms with Crippen LogP contribution in [0, 0.1) is 0 Å². The number of benzene rings is 4. The molecular formula is C35H35NO2S. The van der Waals surface area contributed by atoms with Gasteiger partial charge in [0.25, 0.3) is 0 Å². The molecule has 0 atom stereocenters. The number of hydrogen-bond donors (Lipinski definition) is 2. The zero-order chi connectivity index (χ0) is 27.9. The van der Waals surface area contributed by atoms with E-state index in [1.165, 1.54) is 0 Å². The maximum atomic E-state index is 11.3. The van der Waals surface area contributed by atoms with Crippen molar-refractivity contribution < 1.29 is 10.2 Å². The van der Waals surface area contributed by atoms with Crippen LogP contribution in [0.15, 0.2) is 90.3 Å². The molecule has 5 rings (SSSR count). The standard InChI is InChI=1S/C35H35NO2S/c1-34(2,3)28-19-11-17-25(31(28)37)22-13-7-9-15-24(22)30-21-39-33(36-30)27-16-10-8-14-23(27)26-18-12-20-29(32(26)38)35(4,5)6/h7-21,37-38H,1-6H3. The Bertz CT molecular complexity index is 1530. The van der Waals surface area contributed by atoms with Gasteiger partial charge in [0.1, 0.15) is 16.5 Å². The third kappa shape index (κ3) is 5.09. The van der Waals surface area contributed by atoms with Crippen molar-refractivity contribution in [3.63, 3.8) is 0 Å². The van der Waals surface area contributed by atoms with Gasteiger partial charge in [-0.05, 0) is 33.1 Å². The first-order valence-corrected chi connectivity index (χ1v) is 14.1. The number of aromatic nitrogens is 1. The van der Waals surface area contributed by atoms with Crippen LogP contribution in [0.25, 0.3) is 44.1 Å². The third-order valence-electron chi connectivity index (χ3n) is 7.13. The van der Waals surface area contributed by atoms with Gasteiger partial charge in [0, 0.05) is 27.6 Å². The average Bonchev–Trinajstić information content (AvgIpc) is 3.38. The SMILES string of the molecule is CC(C)(C)c1cccc(-c2ccccc2-c2csc(-c3ccccc3-c3cccc(C(C)(C)C)c3O)n2)c1O. The smallest absolute Gasteiger partial charge is 0.127 e. The molecule has 5 aromatic rings. The molecule has 4 aromatic carbocycles. The molecule has 0 amide bonds. The number of rotatable bonds is 4. The van der Waals surface area contributed by atoms with E-state index in [0.717, 1.165) is 55.2 Å². The second-order valence-corrected chi connectivity index (χ2v) is 12.9. The number of phenols is 2. The molecule has 0 unspecified atom stereocenters. The van der Waals surface area contributed by atoms with Gasteiger partial charge in [-0.2, -0.15) is 0 Å². The summed E-state index contributed by atoms with van der Waals surface area (Å²) >= 11 is 1.58. The molecule has 0 fully saturated rings. The fourth-order valence-electron chi connectivity index (χ4n) is 5.10. The summed E-state index contributed by atoms with van der Waals surface area (Å²) in [7, 11) is 0. The molecule has 0 saturated heterocycles. The summed E-state index contributed by atoms with van der Waals surface area (Å²) in [4.78, 5) is 5.08. The zero-order valence-electron chi connectivity index (χ0n) is 23.4. The van der Waals surface area contributed by atoms with Crippen LogP contribution in [-0.4, -0.2) is 15.2 Å². The first kappa shape index (κ1) is 26.7. The largest absolute Gasteiger partial charge is 0.507 e. The predicted octanol–water partition coefficient (Wildman–Crippen LogP) is 9.82. The monoisotopic (exact) mass is 533 g/mol. The van der Waals surface area contributed by atoms with Crippen molar-refractivity contribution in [3.05, 3.63) is 101 Å². The van der Waals surface area contributed by atoms with E-state index in [1.807, 2.05) is 72.8 Å². The maximum Gasteiger partial charge on any atom is 0.127 e. The first-order valence-electron chi connectivity index (χ1n) is 13.3. The number of aromatic hydroxyl groups is 2. The zero-order valence-corrected chi connectivity index (χ0v) is 24.2. The highest BCUT2D eigenvalue weighted by Crippen LogP contribution is 2.45. The number of thiazole rings is 1. The van der Waals surface area contributed by atoms with Crippen molar-refractivity contribution in [2.45, 2.75) is 52.4 Å². The molecule has 0 aliphatic heterocycles. The van der Waals surface area contributed by atoms with E-state index < -0.39 is 0 Å². The normalized spacial score (nSPS) is 12.1. The van der Waals surface area contributed by atoms with Crippen LogP contribution in [0.4, 0.5) is 0 Å². The highest BCUT2D eigenvalue weighted by molar-refractivity contribution is 7.13. The molecule has 4 heteroatoms. The van der Waals surface area contributed by atoms with Crippen molar-refractivity contribution >= 4 is 11.3 Å². The molecule has 0 saturated carbocycles. The van der Waals surface area contributed by atoms with Gasteiger partial charge in [-0.1, -0.05) is 126 Å². The summed E-state index contributed by atoms with van der Waals surface area (Å²) < 4.78 is 0. The molecule has 1 aromatic heterocycles. The Kier molecular flexibility index (Phi) is 6.86. The maximum absolute atomic E-state index is 11.3. The lowest BCUT2D eigenvalue weighted by Crippen LogP contribution is -2.11. The second kappa shape index (κ2) is 10.0. The Morgan fingerprint density at radius 3 is 1.41 bits per heavy atom. The summed E-state index contributed by atoms with van der Waals surface area (Å²) in [5.41, 5.74) is 7.78. The van der Waals surface area contributed by atoms with Gasteiger partial charge in [0.15, 0.2) is 0 Å². The molecule has 0 spiro atoms. The Morgan fingerprint density at radius 2 is 0.923 bits per heavy atom. The van der Waals surface area contributed by atoms with Crippen molar-refractivity contribution in [2.75, 3.05) is 0 Å². The van der Waals surface area contributed by atoms with Crippen LogP contribution in [0.3, 0.4) is 0 Å². The van der Waals surface area contributed by atoms with E-state index in [2.05, 4.69) is 59.1 Å². The van der Waals surface area contributed by atoms with Crippen molar-refractivity contribution in [1.82, 2.24) is 4.98 Å². The molecule has 39 heavy (non-hydrogen) atoms. The molecule has 3 nitrogen and oxygen atoms in total. The molecule has 0 radical (unpaired) electrons. The Hall–Kier alpha value is -3.89. The third-order valence-corrected chi connectivity index (χ3v) is 8.01. The number of para-hydroxylation sites is 2. The lowest BCUT2D eigenvalue weighted by atomic mass is 9.83. The van der Waals surface area contributed by atoms with E-state index in [4.69, 9.17) is 4.98 Å². The van der Waals surface area contributed by atoms with E-state index in [9.17, 15) is 10.2 Å². The molecule has 2 N–H and O–H groups in total. The highest BCUT2D eigenvalue weighted by atomic mass is 32.1. The quantitative estimate of drug-likeness (QED) is 0.242. The van der Waals surface area contributed by atoms with Gasteiger partial charge < -0.3 is 10.2 Å². The van der Waals surface area contributed by atoms with Gasteiger partial charge in [-0.25, -0.2) is 4.98 Å². The van der Waals surface area contributed by atoms with Crippen LogP contribution in [-0.2, 0) is 10.8 Å². The van der Waals surface area contributed by atoms with Gasteiger partial charge >= 0.3 is 0 Å². The van der Waals surface area contributed by atoms with E-state index in [1.54, 1.807) is 11.3 Å². The Balaban J connectivity index is 1.61. The minimum Gasteiger partial charge on any atom is -0.507 e. The average molecular weight is 534 g/mol. The van der Waals surface area contributed by atoms with Crippen LogP contribution in [0.5, 0.6) is 11.5 Å². The fraction of sp³-hybridized carbons (Fsp3) is 0.229. The number of nitrogens with zero attached hydrogens (tertiary/aromatic N) is 1. The van der Waals surface area contributed by atoms with Crippen molar-refractivity contribution in [2.24, 2.45) is 0 Å². The molecule has 0 aliphatic carbocycles. The van der Waals surface area contributed by atoms with Gasteiger partial charge in [0.2, 0.25) is 0 Å². The lowest BCUT2D eigenvalue weighted by Gasteiger charge is -2.22. The highest BCUT2D eigenvalue weighted by Gasteiger charge is 2.24. The van der Waals surface area contributed by atoms with Crippen LogP contribution < -0.4 is 0 Å². The summed E-state index contributed by atoms with van der Waals surface area (Å²) in [5.74, 6) is 0.626. The Morgan fingerprint density at radius 1 is 0.513 bits per heavy atom. The van der Waals surface area contributed by atoms with Crippen LogP contribution >= 0.6 is 11.3 Å².